The van der Waals surface area contributed by atoms with Crippen molar-refractivity contribution in [3.63, 3.8) is 0 Å². The van der Waals surface area contributed by atoms with E-state index in [1.54, 1.807) is 24.1 Å². The van der Waals surface area contributed by atoms with Crippen molar-refractivity contribution in [1.82, 2.24) is 4.90 Å². The molecule has 1 saturated carbocycles. The van der Waals surface area contributed by atoms with Crippen LogP contribution in [0.4, 0.5) is 4.79 Å². The number of hydrogen-bond donors (Lipinski definition) is 0. The summed E-state index contributed by atoms with van der Waals surface area (Å²) in [6.45, 7) is 2.33. The van der Waals surface area contributed by atoms with E-state index in [0.29, 0.717) is 0 Å². The second kappa shape index (κ2) is 11.4. The van der Waals surface area contributed by atoms with Crippen LogP contribution < -0.4 is 0 Å². The molecule has 8 heteroatoms. The van der Waals surface area contributed by atoms with E-state index in [1.165, 1.54) is 12.1 Å². The maximum atomic E-state index is 12.3. The van der Waals surface area contributed by atoms with Gasteiger partial charge in [0.15, 0.2) is 0 Å². The van der Waals surface area contributed by atoms with E-state index in [0.717, 1.165) is 36.8 Å². The van der Waals surface area contributed by atoms with Crippen LogP contribution in [0.25, 0.3) is 0 Å². The first-order valence-electron chi connectivity index (χ1n) is 10.9. The Morgan fingerprint density at radius 3 is 2.28 bits per heavy atom. The normalized spacial score (nSPS) is 18.8. The fourth-order valence-corrected chi connectivity index (χ4v) is 4.59. The molecule has 2 aromatic carbocycles. The van der Waals surface area contributed by atoms with Crippen molar-refractivity contribution >= 4 is 16.2 Å². The van der Waals surface area contributed by atoms with Crippen molar-refractivity contribution < 1.29 is 26.9 Å². The number of nitrogens with zero attached hydrogens (tertiary/aromatic N) is 1. The van der Waals surface area contributed by atoms with Gasteiger partial charge in [0.2, 0.25) is 0 Å². The summed E-state index contributed by atoms with van der Waals surface area (Å²) in [6.07, 6.45) is 2.92. The molecular formula is C24H31NO6S. The Hall–Kier alpha value is -2.42. The van der Waals surface area contributed by atoms with Crippen LogP contribution in [0.3, 0.4) is 0 Å². The zero-order valence-corrected chi connectivity index (χ0v) is 19.4. The Morgan fingerprint density at radius 2 is 1.62 bits per heavy atom. The highest BCUT2D eigenvalue weighted by Gasteiger charge is 2.28. The fourth-order valence-electron chi connectivity index (χ4n) is 3.70. The molecule has 0 bridgehead atoms. The molecule has 0 aliphatic heterocycles. The Morgan fingerprint density at radius 1 is 0.969 bits per heavy atom. The van der Waals surface area contributed by atoms with Crippen molar-refractivity contribution in [2.75, 3.05) is 20.3 Å². The number of carbonyl (C=O) groups is 1. The molecule has 32 heavy (non-hydrogen) atoms. The average Bonchev–Trinajstić information content (AvgIpc) is 2.81. The van der Waals surface area contributed by atoms with Crippen molar-refractivity contribution in [3.05, 3.63) is 65.7 Å². The molecule has 1 aliphatic rings. The molecule has 0 atom stereocenters. The van der Waals surface area contributed by atoms with Crippen molar-refractivity contribution in [2.45, 2.75) is 56.3 Å². The van der Waals surface area contributed by atoms with E-state index in [9.17, 15) is 13.2 Å². The van der Waals surface area contributed by atoms with Gasteiger partial charge in [-0.1, -0.05) is 48.0 Å². The van der Waals surface area contributed by atoms with Crippen LogP contribution >= 0.6 is 0 Å². The third kappa shape index (κ3) is 7.05. The van der Waals surface area contributed by atoms with E-state index >= 15 is 0 Å². The monoisotopic (exact) mass is 461 g/mol. The molecule has 1 amide bonds. The summed E-state index contributed by atoms with van der Waals surface area (Å²) < 4.78 is 40.7. The molecule has 0 aromatic heterocycles. The lowest BCUT2D eigenvalue weighted by molar-refractivity contribution is -0.00200. The molecule has 1 fully saturated rings. The number of rotatable bonds is 9. The highest BCUT2D eigenvalue weighted by atomic mass is 32.2. The summed E-state index contributed by atoms with van der Waals surface area (Å²) in [5.41, 5.74) is 1.94. The van der Waals surface area contributed by atoms with Crippen LogP contribution in [0.15, 0.2) is 59.5 Å². The van der Waals surface area contributed by atoms with Gasteiger partial charge in [0.05, 0.1) is 24.2 Å². The minimum Gasteiger partial charge on any atom is -0.445 e. The lowest BCUT2D eigenvalue weighted by Crippen LogP contribution is -2.41. The first-order valence-corrected chi connectivity index (χ1v) is 12.3. The number of aryl methyl sites for hydroxylation is 1. The predicted octanol–water partition coefficient (Wildman–Crippen LogP) is 4.30. The number of hydrogen-bond acceptors (Lipinski definition) is 6. The van der Waals surface area contributed by atoms with E-state index in [1.807, 2.05) is 37.3 Å². The average molecular weight is 462 g/mol. The molecule has 0 radical (unpaired) electrons. The topological polar surface area (TPSA) is 82.1 Å². The molecule has 2 aromatic rings. The molecule has 0 unspecified atom stereocenters. The summed E-state index contributed by atoms with van der Waals surface area (Å²) in [4.78, 5) is 14.1. The van der Waals surface area contributed by atoms with E-state index in [2.05, 4.69) is 0 Å². The van der Waals surface area contributed by atoms with Gasteiger partial charge in [-0.15, -0.1) is 0 Å². The van der Waals surface area contributed by atoms with Crippen LogP contribution in [-0.4, -0.2) is 51.8 Å². The summed E-state index contributed by atoms with van der Waals surface area (Å²) in [5, 5.41) is 0. The minimum atomic E-state index is -3.77. The second-order valence-corrected chi connectivity index (χ2v) is 9.66. The lowest BCUT2D eigenvalue weighted by Gasteiger charge is -2.34. The van der Waals surface area contributed by atoms with Gasteiger partial charge in [-0.05, 0) is 50.3 Å². The van der Waals surface area contributed by atoms with Crippen LogP contribution in [-0.2, 0) is 30.4 Å². The van der Waals surface area contributed by atoms with Crippen molar-refractivity contribution in [3.8, 4) is 0 Å². The predicted molar refractivity (Wildman–Crippen MR) is 121 cm³/mol. The van der Waals surface area contributed by atoms with Gasteiger partial charge in [0.1, 0.15) is 6.61 Å². The first kappa shape index (κ1) is 24.2. The van der Waals surface area contributed by atoms with Crippen LogP contribution in [0.2, 0.25) is 0 Å². The number of ether oxygens (including phenoxy) is 2. The third-order valence-corrected chi connectivity index (χ3v) is 7.00. The van der Waals surface area contributed by atoms with Gasteiger partial charge < -0.3 is 14.4 Å². The molecule has 7 nitrogen and oxygen atoms in total. The Kier molecular flexibility index (Phi) is 8.67. The molecular weight excluding hydrogens is 430 g/mol. The van der Waals surface area contributed by atoms with Crippen LogP contribution in [0.1, 0.15) is 36.8 Å². The smallest absolute Gasteiger partial charge is 0.410 e. The standard InChI is InChI=1S/C24H31NO6S/c1-19-8-14-23(15-9-19)32(27,28)31-17-16-29-22-12-10-21(11-13-22)25(2)24(26)30-18-20-6-4-3-5-7-20/h3-9,14-15,21-22H,10-13,16-18H2,1-2H3. The number of amides is 1. The zero-order chi connectivity index (χ0) is 23.0. The Balaban J connectivity index is 1.34. The van der Waals surface area contributed by atoms with E-state index < -0.39 is 10.1 Å². The number of carbonyl (C=O) groups excluding carboxylic acids is 1. The largest absolute Gasteiger partial charge is 0.445 e. The van der Waals surface area contributed by atoms with E-state index in [4.69, 9.17) is 13.7 Å². The van der Waals surface area contributed by atoms with Crippen LogP contribution in [0.5, 0.6) is 0 Å². The molecule has 0 saturated heterocycles. The van der Waals surface area contributed by atoms with Gasteiger partial charge in [-0.3, -0.25) is 4.18 Å². The van der Waals surface area contributed by atoms with Gasteiger partial charge in [-0.25, -0.2) is 4.79 Å². The molecule has 0 heterocycles. The van der Waals surface area contributed by atoms with Gasteiger partial charge in [0, 0.05) is 13.1 Å². The van der Waals surface area contributed by atoms with Gasteiger partial charge >= 0.3 is 6.09 Å². The zero-order valence-electron chi connectivity index (χ0n) is 18.6. The fraction of sp³-hybridized carbons (Fsp3) is 0.458. The summed E-state index contributed by atoms with van der Waals surface area (Å²) >= 11 is 0. The van der Waals surface area contributed by atoms with Crippen LogP contribution in [0, 0.1) is 6.92 Å². The first-order chi connectivity index (χ1) is 15.3. The molecule has 0 spiro atoms. The van der Waals surface area contributed by atoms with Gasteiger partial charge in [0.25, 0.3) is 10.1 Å². The molecule has 1 aliphatic carbocycles. The van der Waals surface area contributed by atoms with Gasteiger partial charge in [-0.2, -0.15) is 8.42 Å². The molecule has 0 N–H and O–H groups in total. The summed E-state index contributed by atoms with van der Waals surface area (Å²) in [6, 6.07) is 16.2. The maximum absolute atomic E-state index is 12.3. The third-order valence-electron chi connectivity index (χ3n) is 5.67. The number of benzene rings is 2. The quantitative estimate of drug-likeness (QED) is 0.409. The van der Waals surface area contributed by atoms with Crippen molar-refractivity contribution in [2.24, 2.45) is 0 Å². The minimum absolute atomic E-state index is 0.0259. The van der Waals surface area contributed by atoms with Crippen molar-refractivity contribution in [1.29, 1.82) is 0 Å². The van der Waals surface area contributed by atoms with E-state index in [-0.39, 0.29) is 43.0 Å². The summed E-state index contributed by atoms with van der Waals surface area (Å²) in [5.74, 6) is 0. The molecule has 3 rings (SSSR count). The Labute approximate surface area is 190 Å². The highest BCUT2D eigenvalue weighted by molar-refractivity contribution is 7.86. The maximum Gasteiger partial charge on any atom is 0.410 e. The summed E-state index contributed by atoms with van der Waals surface area (Å²) in [7, 11) is -2.01. The lowest BCUT2D eigenvalue weighted by atomic mass is 9.92. The second-order valence-electron chi connectivity index (χ2n) is 8.04. The molecule has 174 valence electrons. The Bertz CT molecular complexity index is 954. The highest BCUT2D eigenvalue weighted by Crippen LogP contribution is 2.25. The SMILES string of the molecule is Cc1ccc(S(=O)(=O)OCCOC2CCC(N(C)C(=O)OCc3ccccc3)CC2)cc1.